The molecule has 1 rings (SSSR count). The van der Waals surface area contributed by atoms with Gasteiger partial charge in [0.1, 0.15) is 0 Å². The summed E-state index contributed by atoms with van der Waals surface area (Å²) in [4.78, 5) is 0. The van der Waals surface area contributed by atoms with Gasteiger partial charge in [-0.15, -0.1) is 0 Å². The number of hydrogen-bond acceptors (Lipinski definition) is 2. The summed E-state index contributed by atoms with van der Waals surface area (Å²) in [5, 5.41) is 2.20. The van der Waals surface area contributed by atoms with E-state index in [9.17, 15) is 0 Å². The van der Waals surface area contributed by atoms with Crippen LogP contribution in [0, 0.1) is 0 Å². The molecular weight excluding hydrogens is 202 g/mol. The molecule has 84 valence electrons. The monoisotopic (exact) mass is 223 g/mol. The van der Waals surface area contributed by atoms with Crippen molar-refractivity contribution in [2.75, 3.05) is 0 Å². The molecule has 1 heterocycles. The Kier molecular flexibility index (Phi) is 4.52. The van der Waals surface area contributed by atoms with Crippen molar-refractivity contribution < 1.29 is 0 Å². The average Bonchev–Trinajstić information content (AvgIpc) is 2.66. The second kappa shape index (κ2) is 5.45. The first-order valence-corrected chi connectivity index (χ1v) is 6.59. The first-order valence-electron chi connectivity index (χ1n) is 5.75. The molecule has 1 nitrogen and oxygen atoms in total. The molecule has 15 heavy (non-hydrogen) atoms. The maximum absolute atomic E-state index is 4.39. The fourth-order valence-corrected chi connectivity index (χ4v) is 3.19. The van der Waals surface area contributed by atoms with Gasteiger partial charge >= 0.3 is 0 Å². The van der Waals surface area contributed by atoms with E-state index in [1.807, 2.05) is 6.08 Å². The van der Waals surface area contributed by atoms with Crippen LogP contribution in [0.15, 0.2) is 12.0 Å². The first-order chi connectivity index (χ1) is 7.18. The van der Waals surface area contributed by atoms with Gasteiger partial charge in [0.2, 0.25) is 0 Å². The first kappa shape index (κ1) is 12.4. The van der Waals surface area contributed by atoms with Gasteiger partial charge in [-0.05, 0) is 41.4 Å². The summed E-state index contributed by atoms with van der Waals surface area (Å²) in [7, 11) is 0. The molecule has 0 saturated heterocycles. The second-order valence-electron chi connectivity index (χ2n) is 4.38. The minimum atomic E-state index is 0.292. The van der Waals surface area contributed by atoms with Crippen molar-refractivity contribution in [3.05, 3.63) is 23.2 Å². The lowest BCUT2D eigenvalue weighted by Gasteiger charge is -2.28. The van der Waals surface area contributed by atoms with Gasteiger partial charge in [0.15, 0.2) is 0 Å². The van der Waals surface area contributed by atoms with Crippen molar-refractivity contribution in [3.8, 4) is 0 Å². The van der Waals surface area contributed by atoms with Gasteiger partial charge in [-0.2, -0.15) is 4.37 Å². The summed E-state index contributed by atoms with van der Waals surface area (Å²) in [5.41, 5.74) is 2.77. The zero-order chi connectivity index (χ0) is 11.3. The van der Waals surface area contributed by atoms with Crippen LogP contribution in [0.5, 0.6) is 0 Å². The maximum Gasteiger partial charge on any atom is 0.0799 e. The van der Waals surface area contributed by atoms with Gasteiger partial charge in [-0.3, -0.25) is 0 Å². The SMILES string of the molecule is C=Cc1nscc1C(C)(CCC)CCC. The van der Waals surface area contributed by atoms with Crippen LogP contribution in [-0.2, 0) is 5.41 Å². The van der Waals surface area contributed by atoms with Crippen LogP contribution in [0.2, 0.25) is 0 Å². The maximum atomic E-state index is 4.39. The van der Waals surface area contributed by atoms with E-state index in [0.29, 0.717) is 5.41 Å². The quantitative estimate of drug-likeness (QED) is 0.684. The van der Waals surface area contributed by atoms with Crippen LogP contribution in [0.3, 0.4) is 0 Å². The van der Waals surface area contributed by atoms with Crippen molar-refractivity contribution in [2.45, 2.75) is 51.9 Å². The van der Waals surface area contributed by atoms with Crippen LogP contribution >= 0.6 is 11.5 Å². The minimum absolute atomic E-state index is 0.292. The Hall–Kier alpha value is -0.630. The van der Waals surface area contributed by atoms with E-state index in [1.165, 1.54) is 31.2 Å². The van der Waals surface area contributed by atoms with E-state index >= 15 is 0 Å². The molecule has 0 radical (unpaired) electrons. The third-order valence-corrected chi connectivity index (χ3v) is 3.69. The van der Waals surface area contributed by atoms with Crippen molar-refractivity contribution in [1.29, 1.82) is 0 Å². The third kappa shape index (κ3) is 2.69. The topological polar surface area (TPSA) is 12.9 Å². The number of aromatic nitrogens is 1. The molecule has 0 saturated carbocycles. The molecule has 0 N–H and O–H groups in total. The summed E-state index contributed by atoms with van der Waals surface area (Å²) in [6.45, 7) is 10.7. The van der Waals surface area contributed by atoms with Crippen molar-refractivity contribution in [2.24, 2.45) is 0 Å². The lowest BCUT2D eigenvalue weighted by Crippen LogP contribution is -2.21. The molecule has 0 aromatic carbocycles. The van der Waals surface area contributed by atoms with Gasteiger partial charge in [-0.25, -0.2) is 0 Å². The van der Waals surface area contributed by atoms with Crippen molar-refractivity contribution in [1.82, 2.24) is 4.37 Å². The zero-order valence-corrected chi connectivity index (χ0v) is 10.9. The Morgan fingerprint density at radius 1 is 1.40 bits per heavy atom. The predicted molar refractivity (Wildman–Crippen MR) is 69.4 cm³/mol. The molecule has 0 bridgehead atoms. The van der Waals surface area contributed by atoms with Crippen molar-refractivity contribution >= 4 is 17.6 Å². The number of rotatable bonds is 6. The molecular formula is C13H21NS. The molecule has 0 atom stereocenters. The zero-order valence-electron chi connectivity index (χ0n) is 10.0. The van der Waals surface area contributed by atoms with E-state index in [1.54, 1.807) is 11.5 Å². The predicted octanol–water partition coefficient (Wildman–Crippen LogP) is 4.64. The molecule has 1 aromatic heterocycles. The van der Waals surface area contributed by atoms with Crippen LogP contribution in [0.1, 0.15) is 57.7 Å². The van der Waals surface area contributed by atoms with E-state index in [2.05, 4.69) is 37.1 Å². The van der Waals surface area contributed by atoms with Gasteiger partial charge in [-0.1, -0.05) is 40.2 Å². The van der Waals surface area contributed by atoms with Gasteiger partial charge in [0.25, 0.3) is 0 Å². The largest absolute Gasteiger partial charge is 0.193 e. The van der Waals surface area contributed by atoms with Gasteiger partial charge in [0.05, 0.1) is 5.69 Å². The lowest BCUT2D eigenvalue weighted by atomic mass is 9.75. The smallest absolute Gasteiger partial charge is 0.0799 e. The summed E-state index contributed by atoms with van der Waals surface area (Å²) in [5.74, 6) is 0. The number of nitrogens with zero attached hydrogens (tertiary/aromatic N) is 1. The second-order valence-corrected chi connectivity index (χ2v) is 5.01. The molecule has 2 heteroatoms. The Bertz CT molecular complexity index is 308. The Balaban J connectivity index is 3.02. The molecule has 0 aliphatic rings. The highest BCUT2D eigenvalue weighted by Crippen LogP contribution is 2.36. The highest BCUT2D eigenvalue weighted by Gasteiger charge is 2.27. The molecule has 0 unspecified atom stereocenters. The Morgan fingerprint density at radius 3 is 2.47 bits per heavy atom. The Morgan fingerprint density at radius 2 is 2.00 bits per heavy atom. The fourth-order valence-electron chi connectivity index (χ4n) is 2.34. The molecule has 0 aliphatic heterocycles. The summed E-state index contributed by atoms with van der Waals surface area (Å²) in [6.07, 6.45) is 6.81. The molecule has 0 spiro atoms. The summed E-state index contributed by atoms with van der Waals surface area (Å²) >= 11 is 1.55. The van der Waals surface area contributed by atoms with Crippen LogP contribution in [-0.4, -0.2) is 4.37 Å². The van der Waals surface area contributed by atoms with Crippen LogP contribution < -0.4 is 0 Å². The third-order valence-electron chi connectivity index (χ3n) is 3.04. The molecule has 0 fully saturated rings. The average molecular weight is 223 g/mol. The van der Waals surface area contributed by atoms with E-state index in [4.69, 9.17) is 0 Å². The summed E-state index contributed by atoms with van der Waals surface area (Å²) in [6, 6.07) is 0. The van der Waals surface area contributed by atoms with E-state index in [-0.39, 0.29) is 0 Å². The van der Waals surface area contributed by atoms with Gasteiger partial charge < -0.3 is 0 Å². The summed E-state index contributed by atoms with van der Waals surface area (Å²) < 4.78 is 4.39. The van der Waals surface area contributed by atoms with Crippen LogP contribution in [0.4, 0.5) is 0 Å². The highest BCUT2D eigenvalue weighted by molar-refractivity contribution is 7.03. The molecule has 1 aromatic rings. The van der Waals surface area contributed by atoms with Crippen LogP contribution in [0.25, 0.3) is 6.08 Å². The Labute approximate surface area is 97.4 Å². The normalized spacial score (nSPS) is 11.7. The van der Waals surface area contributed by atoms with E-state index < -0.39 is 0 Å². The van der Waals surface area contributed by atoms with Gasteiger partial charge in [0, 0.05) is 5.38 Å². The van der Waals surface area contributed by atoms with Crippen molar-refractivity contribution in [3.63, 3.8) is 0 Å². The lowest BCUT2D eigenvalue weighted by molar-refractivity contribution is 0.392. The highest BCUT2D eigenvalue weighted by atomic mass is 32.1. The minimum Gasteiger partial charge on any atom is -0.193 e. The molecule has 0 aliphatic carbocycles. The fraction of sp³-hybridized carbons (Fsp3) is 0.615. The number of hydrogen-bond donors (Lipinski definition) is 0. The molecule has 0 amide bonds. The van der Waals surface area contributed by atoms with E-state index in [0.717, 1.165) is 5.69 Å². The standard InChI is InChI=1S/C13H21NS/c1-5-8-13(4,9-6-2)11-10-15-14-12(11)7-3/h7,10H,3,5-6,8-9H2,1-2,4H3.